The van der Waals surface area contributed by atoms with E-state index in [4.69, 9.17) is 17.3 Å². The van der Waals surface area contributed by atoms with Crippen LogP contribution in [0.3, 0.4) is 0 Å². The van der Waals surface area contributed by atoms with Crippen molar-refractivity contribution in [1.82, 2.24) is 10.2 Å². The third kappa shape index (κ3) is 3.61. The molecule has 1 heterocycles. The van der Waals surface area contributed by atoms with E-state index in [0.717, 1.165) is 30.6 Å². The Hall–Kier alpha value is -0.270. The second-order valence-corrected chi connectivity index (χ2v) is 7.17. The molecule has 1 aromatic carbocycles. The molecule has 0 unspecified atom stereocenters. The van der Waals surface area contributed by atoms with Crippen molar-refractivity contribution in [2.45, 2.75) is 20.0 Å². The Bertz CT molecular complexity index is 530. The summed E-state index contributed by atoms with van der Waals surface area (Å²) in [5, 5.41) is 8.92. The summed E-state index contributed by atoms with van der Waals surface area (Å²) >= 11 is 11.0. The van der Waals surface area contributed by atoms with E-state index >= 15 is 0 Å². The maximum Gasteiger partial charge on any atom is 0.179 e. The Kier molecular flexibility index (Phi) is 5.32. The van der Waals surface area contributed by atoms with Crippen LogP contribution in [0.15, 0.2) is 31.8 Å². The first kappa shape index (κ1) is 14.1. The topological polar surface area (TPSA) is 51.8 Å². The molecule has 2 aromatic rings. The van der Waals surface area contributed by atoms with Crippen molar-refractivity contribution in [3.63, 3.8) is 0 Å². The van der Waals surface area contributed by atoms with Crippen LogP contribution in [-0.4, -0.2) is 23.0 Å². The number of hydrogen-bond acceptors (Lipinski definition) is 6. The van der Waals surface area contributed by atoms with Crippen molar-refractivity contribution in [3.8, 4) is 0 Å². The molecule has 0 aliphatic heterocycles. The summed E-state index contributed by atoms with van der Waals surface area (Å²) in [6.07, 6.45) is 2.84. The highest BCUT2D eigenvalue weighted by atomic mass is 35.5. The average molecular weight is 318 g/mol. The first-order valence-corrected chi connectivity index (χ1v) is 8.50. The molecule has 96 valence electrons. The SMILES string of the molecule is CSc1nnc(Sc2ccc(CCN)cc2Cl)s1. The highest BCUT2D eigenvalue weighted by Gasteiger charge is 2.08. The molecule has 18 heavy (non-hydrogen) atoms. The maximum absolute atomic E-state index is 6.25. The van der Waals surface area contributed by atoms with E-state index < -0.39 is 0 Å². The molecular weight excluding hydrogens is 306 g/mol. The minimum absolute atomic E-state index is 0.635. The van der Waals surface area contributed by atoms with Gasteiger partial charge in [-0.05, 0) is 36.9 Å². The van der Waals surface area contributed by atoms with Gasteiger partial charge in [-0.25, -0.2) is 0 Å². The third-order valence-electron chi connectivity index (χ3n) is 2.19. The van der Waals surface area contributed by atoms with Gasteiger partial charge in [0.25, 0.3) is 0 Å². The highest BCUT2D eigenvalue weighted by Crippen LogP contribution is 2.36. The molecule has 0 atom stereocenters. The zero-order valence-electron chi connectivity index (χ0n) is 9.72. The van der Waals surface area contributed by atoms with Gasteiger partial charge in [0.15, 0.2) is 8.68 Å². The van der Waals surface area contributed by atoms with E-state index in [1.165, 1.54) is 0 Å². The van der Waals surface area contributed by atoms with Crippen LogP contribution in [0.4, 0.5) is 0 Å². The molecular formula is C11H12ClN3S3. The van der Waals surface area contributed by atoms with E-state index in [1.807, 2.05) is 18.4 Å². The normalized spacial score (nSPS) is 10.8. The molecule has 0 amide bonds. The minimum Gasteiger partial charge on any atom is -0.330 e. The lowest BCUT2D eigenvalue weighted by molar-refractivity contribution is 0.955. The number of nitrogens with zero attached hydrogens (tertiary/aromatic N) is 2. The van der Waals surface area contributed by atoms with Crippen LogP contribution in [-0.2, 0) is 6.42 Å². The van der Waals surface area contributed by atoms with Crippen LogP contribution in [0.1, 0.15) is 5.56 Å². The van der Waals surface area contributed by atoms with Gasteiger partial charge in [0.1, 0.15) is 0 Å². The summed E-state index contributed by atoms with van der Waals surface area (Å²) in [4.78, 5) is 1.00. The van der Waals surface area contributed by atoms with Crippen LogP contribution in [0.5, 0.6) is 0 Å². The van der Waals surface area contributed by atoms with Gasteiger partial charge in [-0.15, -0.1) is 10.2 Å². The zero-order valence-corrected chi connectivity index (χ0v) is 12.9. The van der Waals surface area contributed by atoms with Crippen LogP contribution in [0.2, 0.25) is 5.02 Å². The second-order valence-electron chi connectivity index (χ2n) is 3.44. The predicted octanol–water partition coefficient (Wildman–Crippen LogP) is 3.57. The summed E-state index contributed by atoms with van der Waals surface area (Å²) in [6.45, 7) is 0.635. The van der Waals surface area contributed by atoms with Crippen molar-refractivity contribution in [1.29, 1.82) is 0 Å². The third-order valence-corrected chi connectivity index (χ3v) is 5.64. The van der Waals surface area contributed by atoms with E-state index in [-0.39, 0.29) is 0 Å². The fraction of sp³-hybridized carbons (Fsp3) is 0.273. The summed E-state index contributed by atoms with van der Waals surface area (Å²) in [6, 6.07) is 6.03. The molecule has 2 N–H and O–H groups in total. The monoisotopic (exact) mass is 317 g/mol. The van der Waals surface area contributed by atoms with Crippen molar-refractivity contribution < 1.29 is 0 Å². The molecule has 0 aliphatic carbocycles. The van der Waals surface area contributed by atoms with Crippen LogP contribution in [0, 0.1) is 0 Å². The predicted molar refractivity (Wildman–Crippen MR) is 80.0 cm³/mol. The highest BCUT2D eigenvalue weighted by molar-refractivity contribution is 8.03. The fourth-order valence-electron chi connectivity index (χ4n) is 1.36. The first-order valence-electron chi connectivity index (χ1n) is 5.26. The molecule has 7 heteroatoms. The number of aromatic nitrogens is 2. The molecule has 0 aliphatic rings. The van der Waals surface area contributed by atoms with E-state index in [2.05, 4.69) is 16.3 Å². The van der Waals surface area contributed by atoms with Gasteiger partial charge in [0, 0.05) is 4.90 Å². The van der Waals surface area contributed by atoms with Gasteiger partial charge in [-0.1, -0.05) is 52.5 Å². The van der Waals surface area contributed by atoms with Gasteiger partial charge < -0.3 is 5.73 Å². The van der Waals surface area contributed by atoms with Crippen molar-refractivity contribution >= 4 is 46.5 Å². The number of thioether (sulfide) groups is 1. The van der Waals surface area contributed by atoms with Crippen molar-refractivity contribution in [2.75, 3.05) is 12.8 Å². The lowest BCUT2D eigenvalue weighted by Gasteiger charge is -2.04. The molecule has 0 saturated carbocycles. The summed E-state index contributed by atoms with van der Waals surface area (Å²) in [5.41, 5.74) is 6.68. The second kappa shape index (κ2) is 6.77. The minimum atomic E-state index is 0.635. The first-order chi connectivity index (χ1) is 8.72. The fourth-order valence-corrected chi connectivity index (χ4v) is 4.08. The van der Waals surface area contributed by atoms with E-state index in [1.54, 1.807) is 34.9 Å². The maximum atomic E-state index is 6.25. The largest absolute Gasteiger partial charge is 0.330 e. The van der Waals surface area contributed by atoms with Gasteiger partial charge >= 0.3 is 0 Å². The molecule has 2 rings (SSSR count). The molecule has 0 spiro atoms. The van der Waals surface area contributed by atoms with Gasteiger partial charge in [-0.2, -0.15) is 0 Å². The lowest BCUT2D eigenvalue weighted by Crippen LogP contribution is -2.02. The number of halogens is 1. The standard InChI is InChI=1S/C11H12ClN3S3/c1-16-10-14-15-11(18-10)17-9-3-2-7(4-5-13)6-8(9)12/h2-3,6H,4-5,13H2,1H3. The smallest absolute Gasteiger partial charge is 0.179 e. The van der Waals surface area contributed by atoms with E-state index in [0.29, 0.717) is 6.54 Å². The molecule has 1 aromatic heterocycles. The molecule has 0 saturated heterocycles. The Balaban J connectivity index is 2.13. The van der Waals surface area contributed by atoms with Gasteiger partial charge in [0.05, 0.1) is 5.02 Å². The average Bonchev–Trinajstić information content (AvgIpc) is 2.81. The van der Waals surface area contributed by atoms with E-state index in [9.17, 15) is 0 Å². The Morgan fingerprint density at radius 3 is 2.72 bits per heavy atom. The zero-order chi connectivity index (χ0) is 13.0. The summed E-state index contributed by atoms with van der Waals surface area (Å²) in [7, 11) is 0. The van der Waals surface area contributed by atoms with Crippen LogP contribution in [0.25, 0.3) is 0 Å². The molecule has 0 radical (unpaired) electrons. The molecule has 0 bridgehead atoms. The van der Waals surface area contributed by atoms with Gasteiger partial charge in [-0.3, -0.25) is 0 Å². The van der Waals surface area contributed by atoms with Crippen molar-refractivity contribution in [2.24, 2.45) is 5.73 Å². The van der Waals surface area contributed by atoms with Crippen molar-refractivity contribution in [3.05, 3.63) is 28.8 Å². The van der Waals surface area contributed by atoms with Gasteiger partial charge in [0.2, 0.25) is 0 Å². The quantitative estimate of drug-likeness (QED) is 0.854. The Morgan fingerprint density at radius 2 is 2.11 bits per heavy atom. The number of hydrogen-bond donors (Lipinski definition) is 1. The summed E-state index contributed by atoms with van der Waals surface area (Å²) < 4.78 is 1.88. The number of rotatable bonds is 5. The summed E-state index contributed by atoms with van der Waals surface area (Å²) in [5.74, 6) is 0. The lowest BCUT2D eigenvalue weighted by atomic mass is 10.1. The van der Waals surface area contributed by atoms with Crippen LogP contribution < -0.4 is 5.73 Å². The van der Waals surface area contributed by atoms with Crippen LogP contribution >= 0.6 is 46.5 Å². The molecule has 3 nitrogen and oxygen atoms in total. The Labute approximate surface area is 124 Å². The Morgan fingerprint density at radius 1 is 1.33 bits per heavy atom. The number of benzene rings is 1. The molecule has 0 fully saturated rings. The number of nitrogens with two attached hydrogens (primary N) is 1.